The van der Waals surface area contributed by atoms with Crippen molar-refractivity contribution in [2.45, 2.75) is 19.5 Å². The van der Waals surface area contributed by atoms with Crippen molar-refractivity contribution in [1.29, 1.82) is 0 Å². The van der Waals surface area contributed by atoms with Gasteiger partial charge in [0.05, 0.1) is 17.4 Å². The number of rotatable bonds is 4. The van der Waals surface area contributed by atoms with Crippen LogP contribution in [-0.2, 0) is 11.3 Å². The quantitative estimate of drug-likeness (QED) is 0.713. The molecule has 1 unspecified atom stereocenters. The van der Waals surface area contributed by atoms with Gasteiger partial charge < -0.3 is 10.8 Å². The van der Waals surface area contributed by atoms with E-state index in [4.69, 9.17) is 5.11 Å². The summed E-state index contributed by atoms with van der Waals surface area (Å²) in [6, 6.07) is 1.80. The first kappa shape index (κ1) is 14.1. The maximum atomic E-state index is 11.0. The fourth-order valence-corrected chi connectivity index (χ4v) is 2.30. The molecule has 0 aromatic carbocycles. The molecule has 1 atom stereocenters. The van der Waals surface area contributed by atoms with Crippen molar-refractivity contribution in [3.8, 4) is 11.3 Å². The zero-order valence-corrected chi connectivity index (χ0v) is 12.0. The highest BCUT2D eigenvalue weighted by molar-refractivity contribution is 5.86. The van der Waals surface area contributed by atoms with E-state index in [2.05, 4.69) is 25.8 Å². The zero-order chi connectivity index (χ0) is 15.7. The lowest BCUT2D eigenvalue weighted by Gasteiger charge is -2.02. The van der Waals surface area contributed by atoms with Crippen molar-refractivity contribution in [2.75, 3.05) is 0 Å². The van der Waals surface area contributed by atoms with Crippen LogP contribution in [0.2, 0.25) is 0 Å². The Morgan fingerprint density at radius 1 is 1.36 bits per heavy atom. The molecule has 0 saturated carbocycles. The number of hydrogen-bond acceptors (Lipinski definition) is 5. The van der Waals surface area contributed by atoms with Crippen LogP contribution in [-0.4, -0.2) is 35.8 Å². The number of aromatic nitrogens is 5. The molecular weight excluding hydrogens is 284 g/mol. The summed E-state index contributed by atoms with van der Waals surface area (Å²) in [4.78, 5) is 23.3. The van der Waals surface area contributed by atoms with Crippen LogP contribution in [0.3, 0.4) is 0 Å². The molecule has 112 valence electrons. The molecule has 0 aliphatic heterocycles. The van der Waals surface area contributed by atoms with Crippen LogP contribution in [0.15, 0.2) is 31.0 Å². The van der Waals surface area contributed by atoms with E-state index in [0.717, 1.165) is 16.6 Å². The zero-order valence-electron chi connectivity index (χ0n) is 12.0. The largest absolute Gasteiger partial charge is 0.480 e. The molecule has 3 heterocycles. The van der Waals surface area contributed by atoms with Crippen LogP contribution in [0.25, 0.3) is 22.2 Å². The maximum absolute atomic E-state index is 11.0. The lowest BCUT2D eigenvalue weighted by Crippen LogP contribution is -2.52. The standard InChI is InChI=1S/C14H14N6O2/c1-8(15)14-10-2-11(9-3-16-7-17-4-9)18-5-12(10)20(19-14)6-13(21)22/h2-5,7-8H,6,15H2,1H3,(H,21,22)/p+1. The molecule has 0 radical (unpaired) electrons. The molecular formula is C14H15N6O2+. The number of carboxylic acid groups (broad SMARTS) is 1. The van der Waals surface area contributed by atoms with E-state index in [1.54, 1.807) is 18.6 Å². The topological polar surface area (TPSA) is 121 Å². The summed E-state index contributed by atoms with van der Waals surface area (Å²) >= 11 is 0. The molecule has 0 amide bonds. The third-order valence-corrected chi connectivity index (χ3v) is 3.27. The lowest BCUT2D eigenvalue weighted by atomic mass is 10.1. The molecule has 22 heavy (non-hydrogen) atoms. The predicted molar refractivity (Wildman–Crippen MR) is 77.5 cm³/mol. The second-order valence-corrected chi connectivity index (χ2v) is 5.05. The molecule has 3 aromatic rings. The minimum atomic E-state index is -0.951. The van der Waals surface area contributed by atoms with Crippen molar-refractivity contribution in [2.24, 2.45) is 0 Å². The van der Waals surface area contributed by atoms with Crippen molar-refractivity contribution < 1.29 is 15.6 Å². The van der Waals surface area contributed by atoms with Gasteiger partial charge >= 0.3 is 5.97 Å². The Morgan fingerprint density at radius 3 is 2.73 bits per heavy atom. The lowest BCUT2D eigenvalue weighted by molar-refractivity contribution is -0.421. The first-order valence-electron chi connectivity index (χ1n) is 6.73. The molecule has 3 rings (SSSR count). The maximum Gasteiger partial charge on any atom is 0.325 e. The van der Waals surface area contributed by atoms with E-state index in [-0.39, 0.29) is 12.6 Å². The van der Waals surface area contributed by atoms with Crippen molar-refractivity contribution in [1.82, 2.24) is 24.7 Å². The van der Waals surface area contributed by atoms with E-state index < -0.39 is 5.97 Å². The summed E-state index contributed by atoms with van der Waals surface area (Å²) in [5, 5.41) is 14.2. The second kappa shape index (κ2) is 5.49. The Morgan fingerprint density at radius 2 is 2.09 bits per heavy atom. The van der Waals surface area contributed by atoms with Gasteiger partial charge in [-0.05, 0) is 13.0 Å². The Kier molecular flexibility index (Phi) is 3.51. The summed E-state index contributed by atoms with van der Waals surface area (Å²) < 4.78 is 1.44. The first-order valence-corrected chi connectivity index (χ1v) is 6.73. The van der Waals surface area contributed by atoms with Gasteiger partial charge in [-0.25, -0.2) is 9.97 Å². The highest BCUT2D eigenvalue weighted by Gasteiger charge is 2.18. The number of nitrogens with zero attached hydrogens (tertiary/aromatic N) is 5. The fraction of sp³-hybridized carbons (Fsp3) is 0.214. The average Bonchev–Trinajstić information content (AvgIpc) is 2.86. The van der Waals surface area contributed by atoms with Crippen molar-refractivity contribution >= 4 is 16.9 Å². The fourth-order valence-electron chi connectivity index (χ4n) is 2.30. The van der Waals surface area contributed by atoms with Crippen LogP contribution < -0.4 is 5.73 Å². The normalized spacial score (nSPS) is 12.5. The Hall–Kier alpha value is -2.87. The number of hydrogen-bond donors (Lipinski definition) is 2. The summed E-state index contributed by atoms with van der Waals surface area (Å²) in [6.45, 7) is 1.71. The van der Waals surface area contributed by atoms with Gasteiger partial charge in [0.15, 0.2) is 0 Å². The number of carboxylic acids is 1. The number of quaternary nitrogens is 1. The van der Waals surface area contributed by atoms with Crippen molar-refractivity contribution in [3.05, 3.63) is 36.7 Å². The van der Waals surface area contributed by atoms with Crippen molar-refractivity contribution in [3.63, 3.8) is 0 Å². The SMILES string of the molecule is CC([NH3+])c1nn(CC(=O)O)c2cnc(-c3cncnc3)cc12. The van der Waals surface area contributed by atoms with Gasteiger partial charge in [-0.2, -0.15) is 5.10 Å². The average molecular weight is 299 g/mol. The third-order valence-electron chi connectivity index (χ3n) is 3.27. The van der Waals surface area contributed by atoms with Crippen LogP contribution in [0.5, 0.6) is 0 Å². The molecule has 3 aromatic heterocycles. The van der Waals surface area contributed by atoms with E-state index >= 15 is 0 Å². The summed E-state index contributed by atoms with van der Waals surface area (Å²) in [5.74, 6) is -0.951. The Labute approximate surface area is 125 Å². The molecule has 0 fully saturated rings. The van der Waals surface area contributed by atoms with E-state index in [1.807, 2.05) is 13.0 Å². The van der Waals surface area contributed by atoms with E-state index in [1.165, 1.54) is 11.0 Å². The van der Waals surface area contributed by atoms with Gasteiger partial charge in [-0.1, -0.05) is 0 Å². The highest BCUT2D eigenvalue weighted by atomic mass is 16.4. The number of fused-ring (bicyclic) bond motifs is 1. The number of aliphatic carboxylic acids is 1. The van der Waals surface area contributed by atoms with E-state index in [9.17, 15) is 4.79 Å². The van der Waals surface area contributed by atoms with Gasteiger partial charge in [-0.15, -0.1) is 0 Å². The molecule has 0 aliphatic rings. The molecule has 0 spiro atoms. The van der Waals surface area contributed by atoms with Gasteiger partial charge in [-0.3, -0.25) is 14.5 Å². The van der Waals surface area contributed by atoms with E-state index in [0.29, 0.717) is 11.2 Å². The Balaban J connectivity index is 2.18. The molecule has 0 bridgehead atoms. The summed E-state index contributed by atoms with van der Waals surface area (Å²) in [5.41, 5.74) is 6.91. The first-order chi connectivity index (χ1) is 10.6. The molecule has 8 heteroatoms. The van der Waals surface area contributed by atoms with Crippen LogP contribution in [0, 0.1) is 0 Å². The van der Waals surface area contributed by atoms with Gasteiger partial charge in [0.1, 0.15) is 24.6 Å². The van der Waals surface area contributed by atoms with Crippen LogP contribution in [0.4, 0.5) is 0 Å². The smallest absolute Gasteiger partial charge is 0.325 e. The predicted octanol–water partition coefficient (Wildman–Crippen LogP) is 0.276. The second-order valence-electron chi connectivity index (χ2n) is 5.05. The van der Waals surface area contributed by atoms with Gasteiger partial charge in [0.25, 0.3) is 0 Å². The number of pyridine rings is 1. The molecule has 4 N–H and O–H groups in total. The minimum absolute atomic E-state index is 0.0696. The molecule has 0 aliphatic carbocycles. The Bertz CT molecular complexity index is 828. The van der Waals surface area contributed by atoms with Crippen LogP contribution >= 0.6 is 0 Å². The highest BCUT2D eigenvalue weighted by Crippen LogP contribution is 2.25. The molecule has 0 saturated heterocycles. The summed E-state index contributed by atoms with van der Waals surface area (Å²) in [7, 11) is 0. The minimum Gasteiger partial charge on any atom is -0.480 e. The van der Waals surface area contributed by atoms with Gasteiger partial charge in [0, 0.05) is 23.3 Å². The third kappa shape index (κ3) is 2.51. The number of carbonyl (C=O) groups is 1. The van der Waals surface area contributed by atoms with Gasteiger partial charge in [0.2, 0.25) is 0 Å². The monoisotopic (exact) mass is 299 g/mol. The molecule has 8 nitrogen and oxygen atoms in total. The summed E-state index contributed by atoms with van der Waals surface area (Å²) in [6.07, 6.45) is 6.43. The van der Waals surface area contributed by atoms with Crippen LogP contribution in [0.1, 0.15) is 18.7 Å².